The molecule has 0 aromatic heterocycles. The van der Waals surface area contributed by atoms with Crippen LogP contribution in [0.1, 0.15) is 10.4 Å². The second-order valence-corrected chi connectivity index (χ2v) is 6.29. The lowest BCUT2D eigenvalue weighted by Gasteiger charge is -2.39. The maximum atomic E-state index is 12.8. The molecule has 0 unspecified atom stereocenters. The Hall–Kier alpha value is -2.44. The minimum absolute atomic E-state index is 0.0782. The molecular weight excluding hydrogens is 356 g/mol. The van der Waals surface area contributed by atoms with Crippen LogP contribution >= 0.6 is 11.6 Å². The highest BCUT2D eigenvalue weighted by atomic mass is 35.5. The van der Waals surface area contributed by atoms with Gasteiger partial charge >= 0.3 is 0 Å². The van der Waals surface area contributed by atoms with Crippen LogP contribution in [0.25, 0.3) is 0 Å². The number of ether oxygens (including phenoxy) is 3. The van der Waals surface area contributed by atoms with Crippen LogP contribution in [0.15, 0.2) is 42.5 Å². The second-order valence-electron chi connectivity index (χ2n) is 5.88. The number of amides is 1. The molecule has 0 saturated carbocycles. The van der Waals surface area contributed by atoms with Crippen molar-refractivity contribution in [3.8, 4) is 17.2 Å². The normalized spacial score (nSPS) is 13.9. The first kappa shape index (κ1) is 18.4. The highest BCUT2D eigenvalue weighted by molar-refractivity contribution is 6.32. The molecule has 0 atom stereocenters. The van der Waals surface area contributed by atoms with E-state index in [1.807, 2.05) is 18.2 Å². The highest BCUT2D eigenvalue weighted by Crippen LogP contribution is 2.30. The van der Waals surface area contributed by atoms with Crippen molar-refractivity contribution in [2.75, 3.05) is 33.4 Å². The predicted molar refractivity (Wildman–Crippen MR) is 99.3 cm³/mol. The Morgan fingerprint density at radius 1 is 1.23 bits per heavy atom. The van der Waals surface area contributed by atoms with Crippen LogP contribution in [-0.4, -0.2) is 50.3 Å². The third-order valence-electron chi connectivity index (χ3n) is 4.06. The van der Waals surface area contributed by atoms with Crippen molar-refractivity contribution in [1.82, 2.24) is 4.90 Å². The summed E-state index contributed by atoms with van der Waals surface area (Å²) in [5, 5.41) is 0.560. The van der Waals surface area contributed by atoms with Crippen molar-refractivity contribution in [3.63, 3.8) is 0 Å². The molecule has 0 aliphatic carbocycles. The summed E-state index contributed by atoms with van der Waals surface area (Å²) in [4.78, 5) is 14.5. The largest absolute Gasteiger partial charge is 0.497 e. The number of para-hydroxylation sites is 1. The smallest absolute Gasteiger partial charge is 0.257 e. The topological polar surface area (TPSA) is 74.0 Å². The predicted octanol–water partition coefficient (Wildman–Crippen LogP) is 2.59. The molecule has 6 nitrogen and oxygen atoms in total. The van der Waals surface area contributed by atoms with Crippen LogP contribution in [0, 0.1) is 0 Å². The fraction of sp³-hybridized carbons (Fsp3) is 0.316. The van der Waals surface area contributed by atoms with E-state index < -0.39 is 0 Å². The Kier molecular flexibility index (Phi) is 5.85. The van der Waals surface area contributed by atoms with E-state index in [1.165, 1.54) is 0 Å². The first-order valence-electron chi connectivity index (χ1n) is 8.33. The van der Waals surface area contributed by atoms with Crippen molar-refractivity contribution in [2.45, 2.75) is 6.10 Å². The van der Waals surface area contributed by atoms with Gasteiger partial charge in [0.25, 0.3) is 5.91 Å². The molecule has 0 bridgehead atoms. The van der Waals surface area contributed by atoms with Crippen LogP contribution in [-0.2, 0) is 0 Å². The Morgan fingerprint density at radius 3 is 2.69 bits per heavy atom. The van der Waals surface area contributed by atoms with Gasteiger partial charge in [-0.15, -0.1) is 0 Å². The number of carbonyl (C=O) groups is 1. The molecule has 1 aliphatic heterocycles. The number of nitrogens with zero attached hydrogens (tertiary/aromatic N) is 1. The zero-order valence-corrected chi connectivity index (χ0v) is 15.2. The van der Waals surface area contributed by atoms with Crippen LogP contribution in [0.4, 0.5) is 0 Å². The number of likely N-dealkylation sites (tertiary alicyclic amines) is 1. The molecule has 2 aromatic carbocycles. The fourth-order valence-electron chi connectivity index (χ4n) is 2.66. The summed E-state index contributed by atoms with van der Waals surface area (Å²) >= 11 is 6.10. The summed E-state index contributed by atoms with van der Waals surface area (Å²) in [6.07, 6.45) is -0.0782. The van der Waals surface area contributed by atoms with E-state index in [0.717, 1.165) is 0 Å². The number of benzene rings is 2. The van der Waals surface area contributed by atoms with Gasteiger partial charge in [0.2, 0.25) is 0 Å². The Morgan fingerprint density at radius 2 is 2.00 bits per heavy atom. The maximum Gasteiger partial charge on any atom is 0.257 e. The SMILES string of the molecule is COc1ccc(C(=O)N2CC(Oc3ccccc3Cl)C2)c(OCCN)c1. The molecule has 0 radical (unpaired) electrons. The number of halogens is 1. The van der Waals surface area contributed by atoms with Gasteiger partial charge in [0.1, 0.15) is 30.0 Å². The quantitative estimate of drug-likeness (QED) is 0.804. The summed E-state index contributed by atoms with van der Waals surface area (Å²) in [5.41, 5.74) is 5.98. The van der Waals surface area contributed by atoms with Crippen molar-refractivity contribution < 1.29 is 19.0 Å². The van der Waals surface area contributed by atoms with Crippen molar-refractivity contribution in [1.29, 1.82) is 0 Å². The summed E-state index contributed by atoms with van der Waals surface area (Å²) < 4.78 is 16.6. The van der Waals surface area contributed by atoms with Gasteiger partial charge in [-0.3, -0.25) is 4.79 Å². The molecule has 1 amide bonds. The van der Waals surface area contributed by atoms with Crippen LogP contribution in [0.2, 0.25) is 5.02 Å². The van der Waals surface area contributed by atoms with E-state index in [2.05, 4.69) is 0 Å². The molecule has 7 heteroatoms. The van der Waals surface area contributed by atoms with Gasteiger partial charge < -0.3 is 24.8 Å². The molecule has 2 N–H and O–H groups in total. The zero-order valence-electron chi connectivity index (χ0n) is 14.5. The molecule has 1 saturated heterocycles. The van der Waals surface area contributed by atoms with E-state index in [1.54, 1.807) is 36.3 Å². The number of carbonyl (C=O) groups excluding carboxylic acids is 1. The lowest BCUT2D eigenvalue weighted by molar-refractivity contribution is 0.0175. The minimum Gasteiger partial charge on any atom is -0.497 e. The van der Waals surface area contributed by atoms with Crippen molar-refractivity contribution in [2.24, 2.45) is 5.73 Å². The average Bonchev–Trinajstić information content (AvgIpc) is 2.63. The van der Waals surface area contributed by atoms with Gasteiger partial charge in [-0.2, -0.15) is 0 Å². The van der Waals surface area contributed by atoms with Gasteiger partial charge in [0, 0.05) is 12.6 Å². The third-order valence-corrected chi connectivity index (χ3v) is 4.37. The van der Waals surface area contributed by atoms with E-state index >= 15 is 0 Å². The lowest BCUT2D eigenvalue weighted by atomic mass is 10.1. The van der Waals surface area contributed by atoms with Gasteiger partial charge in [-0.1, -0.05) is 23.7 Å². The lowest BCUT2D eigenvalue weighted by Crippen LogP contribution is -2.56. The first-order chi connectivity index (χ1) is 12.6. The van der Waals surface area contributed by atoms with Gasteiger partial charge in [0.05, 0.1) is 30.8 Å². The minimum atomic E-state index is -0.112. The molecular formula is C19H21ClN2O4. The van der Waals surface area contributed by atoms with Crippen LogP contribution in [0.3, 0.4) is 0 Å². The summed E-state index contributed by atoms with van der Waals surface area (Å²) in [7, 11) is 1.57. The van der Waals surface area contributed by atoms with Crippen molar-refractivity contribution in [3.05, 3.63) is 53.1 Å². The third kappa shape index (κ3) is 4.03. The standard InChI is InChI=1S/C19H21ClN2O4/c1-24-13-6-7-15(18(10-13)25-9-8-21)19(23)22-11-14(12-22)26-17-5-3-2-4-16(17)20/h2-7,10,14H,8-9,11-12,21H2,1H3. The monoisotopic (exact) mass is 376 g/mol. The number of hydrogen-bond acceptors (Lipinski definition) is 5. The van der Waals surface area contributed by atoms with Gasteiger partial charge in [-0.25, -0.2) is 0 Å². The van der Waals surface area contributed by atoms with Crippen LogP contribution in [0.5, 0.6) is 17.2 Å². The molecule has 1 aliphatic rings. The maximum absolute atomic E-state index is 12.8. The molecule has 1 fully saturated rings. The fourth-order valence-corrected chi connectivity index (χ4v) is 2.84. The molecule has 1 heterocycles. The molecule has 0 spiro atoms. The molecule has 138 valence electrons. The summed E-state index contributed by atoms with van der Waals surface area (Å²) in [5.74, 6) is 1.61. The molecule has 2 aromatic rings. The highest BCUT2D eigenvalue weighted by Gasteiger charge is 2.34. The Bertz CT molecular complexity index is 778. The van der Waals surface area contributed by atoms with E-state index in [9.17, 15) is 4.79 Å². The summed E-state index contributed by atoms with van der Waals surface area (Å²) in [6.45, 7) is 1.67. The van der Waals surface area contributed by atoms with E-state index in [-0.39, 0.29) is 12.0 Å². The average molecular weight is 377 g/mol. The number of hydrogen-bond donors (Lipinski definition) is 1. The summed E-state index contributed by atoms with van der Waals surface area (Å²) in [6, 6.07) is 12.4. The first-order valence-corrected chi connectivity index (χ1v) is 8.71. The Balaban J connectivity index is 1.64. The molecule has 3 rings (SSSR count). The van der Waals surface area contributed by atoms with Crippen LogP contribution < -0.4 is 19.9 Å². The number of rotatable bonds is 7. The zero-order chi connectivity index (χ0) is 18.5. The van der Waals surface area contributed by atoms with Crippen molar-refractivity contribution >= 4 is 17.5 Å². The van der Waals surface area contributed by atoms with E-state index in [4.69, 9.17) is 31.5 Å². The number of nitrogens with two attached hydrogens (primary N) is 1. The second kappa shape index (κ2) is 8.29. The van der Waals surface area contributed by atoms with Gasteiger partial charge in [0.15, 0.2) is 0 Å². The van der Waals surface area contributed by atoms with E-state index in [0.29, 0.717) is 54.1 Å². The molecule has 26 heavy (non-hydrogen) atoms. The Labute approximate surface area is 157 Å². The number of methoxy groups -OCH3 is 1. The van der Waals surface area contributed by atoms with Gasteiger partial charge in [-0.05, 0) is 24.3 Å².